The summed E-state index contributed by atoms with van der Waals surface area (Å²) in [6.07, 6.45) is 0. The van der Waals surface area contributed by atoms with Crippen molar-refractivity contribution in [3.63, 3.8) is 0 Å². The van der Waals surface area contributed by atoms with Gasteiger partial charge in [-0.3, -0.25) is 0 Å². The smallest absolute Gasteiger partial charge is 0.0123 e. The van der Waals surface area contributed by atoms with Crippen LogP contribution in [0.1, 0.15) is 31.9 Å². The van der Waals surface area contributed by atoms with Crippen molar-refractivity contribution >= 4 is 10.8 Å². The van der Waals surface area contributed by atoms with Crippen LogP contribution in [0.2, 0.25) is 0 Å². The summed E-state index contributed by atoms with van der Waals surface area (Å²) in [6.45, 7) is 9.04. The molecule has 0 saturated carbocycles. The van der Waals surface area contributed by atoms with E-state index >= 15 is 0 Å². The molecule has 2 aromatic rings. The predicted molar refractivity (Wildman–Crippen MR) is 67.4 cm³/mol. The van der Waals surface area contributed by atoms with Gasteiger partial charge in [0, 0.05) is 0 Å². The molecule has 0 aliphatic rings. The molecule has 0 N–H and O–H groups in total. The van der Waals surface area contributed by atoms with E-state index < -0.39 is 0 Å². The Morgan fingerprint density at radius 2 is 1.53 bits per heavy atom. The Labute approximate surface area is 91.9 Å². The molecule has 0 radical (unpaired) electrons. The van der Waals surface area contributed by atoms with Crippen LogP contribution in [-0.4, -0.2) is 0 Å². The summed E-state index contributed by atoms with van der Waals surface area (Å²) in [5.74, 6) is 0. The van der Waals surface area contributed by atoms with Gasteiger partial charge >= 0.3 is 0 Å². The van der Waals surface area contributed by atoms with Crippen molar-refractivity contribution in [2.45, 2.75) is 33.1 Å². The second kappa shape index (κ2) is 3.37. The zero-order valence-electron chi connectivity index (χ0n) is 9.96. The van der Waals surface area contributed by atoms with Crippen molar-refractivity contribution < 1.29 is 0 Å². The first-order valence-corrected chi connectivity index (χ1v) is 5.49. The molecule has 0 spiro atoms. The highest BCUT2D eigenvalue weighted by atomic mass is 14.2. The van der Waals surface area contributed by atoms with E-state index in [-0.39, 0.29) is 5.41 Å². The maximum atomic E-state index is 2.28. The number of aryl methyl sites for hydroxylation is 1. The summed E-state index contributed by atoms with van der Waals surface area (Å²) in [6, 6.07) is 13.1. The predicted octanol–water partition coefficient (Wildman–Crippen LogP) is 4.45. The van der Waals surface area contributed by atoms with Gasteiger partial charge in [-0.05, 0) is 34.2 Å². The Balaban J connectivity index is 2.86. The lowest BCUT2D eigenvalue weighted by atomic mass is 9.81. The monoisotopic (exact) mass is 198 g/mol. The zero-order valence-corrected chi connectivity index (χ0v) is 9.96. The van der Waals surface area contributed by atoms with Gasteiger partial charge < -0.3 is 0 Å². The van der Waals surface area contributed by atoms with Gasteiger partial charge in [-0.25, -0.2) is 0 Å². The van der Waals surface area contributed by atoms with E-state index in [1.165, 1.54) is 21.9 Å². The highest BCUT2D eigenvalue weighted by Gasteiger charge is 2.18. The minimum atomic E-state index is 0.213. The second-order valence-corrected chi connectivity index (χ2v) is 5.23. The van der Waals surface area contributed by atoms with E-state index in [0.717, 1.165) is 0 Å². The van der Waals surface area contributed by atoms with Crippen molar-refractivity contribution in [3.8, 4) is 0 Å². The minimum absolute atomic E-state index is 0.213. The van der Waals surface area contributed by atoms with Crippen LogP contribution in [0, 0.1) is 6.92 Å². The quantitative estimate of drug-likeness (QED) is 0.587. The van der Waals surface area contributed by atoms with Crippen LogP contribution < -0.4 is 0 Å². The Morgan fingerprint density at radius 1 is 0.867 bits per heavy atom. The molecule has 0 heterocycles. The molecule has 15 heavy (non-hydrogen) atoms. The molecule has 0 amide bonds. The zero-order chi connectivity index (χ0) is 11.1. The third-order valence-corrected chi connectivity index (χ3v) is 2.89. The van der Waals surface area contributed by atoms with E-state index in [1.54, 1.807) is 0 Å². The minimum Gasteiger partial charge on any atom is -0.0616 e. The molecule has 0 bridgehead atoms. The number of rotatable bonds is 0. The van der Waals surface area contributed by atoms with Crippen molar-refractivity contribution in [2.24, 2.45) is 0 Å². The molecule has 0 atom stereocenters. The lowest BCUT2D eigenvalue weighted by Gasteiger charge is -2.24. The highest BCUT2D eigenvalue weighted by Crippen LogP contribution is 2.32. The first-order chi connectivity index (χ1) is 7.00. The average molecular weight is 198 g/mol. The summed E-state index contributed by atoms with van der Waals surface area (Å²) >= 11 is 0. The van der Waals surface area contributed by atoms with Crippen LogP contribution in [-0.2, 0) is 5.41 Å². The molecule has 78 valence electrons. The molecule has 0 fully saturated rings. The summed E-state index contributed by atoms with van der Waals surface area (Å²) in [7, 11) is 0. The molecule has 0 saturated heterocycles. The fourth-order valence-corrected chi connectivity index (χ4v) is 2.38. The van der Waals surface area contributed by atoms with Crippen molar-refractivity contribution in [1.29, 1.82) is 0 Å². The van der Waals surface area contributed by atoms with Gasteiger partial charge in [-0.1, -0.05) is 57.2 Å². The maximum Gasteiger partial charge on any atom is -0.0123 e. The van der Waals surface area contributed by atoms with Crippen LogP contribution >= 0.6 is 0 Å². The summed E-state index contributed by atoms with van der Waals surface area (Å²) in [5.41, 5.74) is 3.08. The maximum absolute atomic E-state index is 2.28. The van der Waals surface area contributed by atoms with Gasteiger partial charge in [0.1, 0.15) is 0 Å². The SMILES string of the molecule is Cc1ccc2ccccc2c1C(C)(C)C. The van der Waals surface area contributed by atoms with Crippen LogP contribution in [0.15, 0.2) is 36.4 Å². The molecular formula is C15H18. The van der Waals surface area contributed by atoms with Gasteiger partial charge in [0.2, 0.25) is 0 Å². The molecule has 0 aromatic heterocycles. The lowest BCUT2D eigenvalue weighted by molar-refractivity contribution is 0.592. The Kier molecular flexibility index (Phi) is 2.30. The van der Waals surface area contributed by atoms with Crippen molar-refractivity contribution in [2.75, 3.05) is 0 Å². The number of benzene rings is 2. The van der Waals surface area contributed by atoms with Crippen molar-refractivity contribution in [1.82, 2.24) is 0 Å². The standard InChI is InChI=1S/C15H18/c1-11-9-10-12-7-5-6-8-13(12)14(11)15(2,3)4/h5-10H,1-4H3. The van der Waals surface area contributed by atoms with Gasteiger partial charge in [0.15, 0.2) is 0 Å². The second-order valence-electron chi connectivity index (χ2n) is 5.23. The van der Waals surface area contributed by atoms with E-state index in [4.69, 9.17) is 0 Å². The average Bonchev–Trinajstić information content (AvgIpc) is 2.15. The molecule has 0 unspecified atom stereocenters. The normalized spacial score (nSPS) is 12.0. The van der Waals surface area contributed by atoms with Gasteiger partial charge in [0.05, 0.1) is 0 Å². The fourth-order valence-electron chi connectivity index (χ4n) is 2.38. The Hall–Kier alpha value is -1.30. The fraction of sp³-hybridized carbons (Fsp3) is 0.333. The Morgan fingerprint density at radius 3 is 2.20 bits per heavy atom. The van der Waals surface area contributed by atoms with E-state index in [0.29, 0.717) is 0 Å². The third-order valence-electron chi connectivity index (χ3n) is 2.89. The molecule has 0 aliphatic heterocycles. The van der Waals surface area contributed by atoms with Crippen LogP contribution in [0.4, 0.5) is 0 Å². The van der Waals surface area contributed by atoms with Gasteiger partial charge in [-0.15, -0.1) is 0 Å². The molecule has 0 heteroatoms. The van der Waals surface area contributed by atoms with Crippen LogP contribution in [0.25, 0.3) is 10.8 Å². The molecule has 0 nitrogen and oxygen atoms in total. The molecule has 0 aliphatic carbocycles. The largest absolute Gasteiger partial charge is 0.0616 e. The molecular weight excluding hydrogens is 180 g/mol. The number of fused-ring (bicyclic) bond motifs is 1. The number of hydrogen-bond acceptors (Lipinski definition) is 0. The summed E-state index contributed by atoms with van der Waals surface area (Å²) < 4.78 is 0. The highest BCUT2D eigenvalue weighted by molar-refractivity contribution is 5.87. The molecule has 2 rings (SSSR count). The van der Waals surface area contributed by atoms with Gasteiger partial charge in [0.25, 0.3) is 0 Å². The summed E-state index contributed by atoms with van der Waals surface area (Å²) in [5, 5.41) is 2.73. The van der Waals surface area contributed by atoms with Gasteiger partial charge in [-0.2, -0.15) is 0 Å². The van der Waals surface area contributed by atoms with Crippen LogP contribution in [0.5, 0.6) is 0 Å². The number of hydrogen-bond donors (Lipinski definition) is 0. The molecule has 2 aromatic carbocycles. The lowest BCUT2D eigenvalue weighted by Crippen LogP contribution is -2.13. The van der Waals surface area contributed by atoms with E-state index in [1.807, 2.05) is 0 Å². The Bertz CT molecular complexity index is 487. The van der Waals surface area contributed by atoms with E-state index in [2.05, 4.69) is 64.1 Å². The first kappa shape index (κ1) is 10.2. The topological polar surface area (TPSA) is 0 Å². The third kappa shape index (κ3) is 1.77. The van der Waals surface area contributed by atoms with E-state index in [9.17, 15) is 0 Å². The van der Waals surface area contributed by atoms with Crippen molar-refractivity contribution in [3.05, 3.63) is 47.5 Å². The van der Waals surface area contributed by atoms with Crippen LogP contribution in [0.3, 0.4) is 0 Å². The first-order valence-electron chi connectivity index (χ1n) is 5.49. The summed E-state index contributed by atoms with van der Waals surface area (Å²) in [4.78, 5) is 0.